The number of aliphatic hydroxyl groups excluding tert-OH is 8. The molecule has 0 aromatic rings. The Kier molecular flexibility index (Phi) is 3.65. The van der Waals surface area contributed by atoms with Gasteiger partial charge < -0.3 is 40.9 Å². The summed E-state index contributed by atoms with van der Waals surface area (Å²) in [4.78, 5) is 0. The first-order chi connectivity index (χ1) is 8.29. The average Bonchev–Trinajstić information content (AvgIpc) is 2.35. The third kappa shape index (κ3) is 1.77. The van der Waals surface area contributed by atoms with Gasteiger partial charge in [0, 0.05) is 11.8 Å². The number of rotatable bonds is 0. The highest BCUT2D eigenvalue weighted by Gasteiger charge is 2.59. The van der Waals surface area contributed by atoms with E-state index in [2.05, 4.69) is 0 Å². The Hall–Kier alpha value is -0.320. The summed E-state index contributed by atoms with van der Waals surface area (Å²) in [6.07, 6.45) is -13.3. The lowest BCUT2D eigenvalue weighted by atomic mass is 9.62. The third-order valence-electron chi connectivity index (χ3n) is 4.12. The minimum atomic E-state index is -1.70. The van der Waals surface area contributed by atoms with Gasteiger partial charge in [0.25, 0.3) is 0 Å². The van der Waals surface area contributed by atoms with E-state index in [1.165, 1.54) is 0 Å². The SMILES string of the molecule is O[C@@H]1[C@H](O)[C@@H](O)C2C([C@H]1O)[C@H](O)[C@H](O)[C@@H](O)[C@H]2O. The van der Waals surface area contributed by atoms with Crippen molar-refractivity contribution in [2.45, 2.75) is 48.8 Å². The lowest BCUT2D eigenvalue weighted by Gasteiger charge is -2.52. The van der Waals surface area contributed by atoms with Crippen LogP contribution in [0.3, 0.4) is 0 Å². The second-order valence-corrected chi connectivity index (χ2v) is 5.08. The number of fused-ring (bicyclic) bond motifs is 1. The average molecular weight is 266 g/mol. The molecule has 0 aliphatic heterocycles. The standard InChI is InChI=1S/C10H18O8/c11-3-1-2(5(13)9(17)7(3)15)6(14)10(18)8(16)4(1)12/h1-18H/t1?,2?,3-,4-,5-,6+,7-,8+,9-,10-/m0/s1. The van der Waals surface area contributed by atoms with Crippen LogP contribution in [0.15, 0.2) is 0 Å². The molecular weight excluding hydrogens is 248 g/mol. The zero-order valence-electron chi connectivity index (χ0n) is 9.35. The van der Waals surface area contributed by atoms with Crippen LogP contribution in [0.25, 0.3) is 0 Å². The smallest absolute Gasteiger partial charge is 0.109 e. The van der Waals surface area contributed by atoms with Crippen molar-refractivity contribution in [1.29, 1.82) is 0 Å². The molecule has 0 aromatic carbocycles. The molecule has 0 spiro atoms. The highest BCUT2D eigenvalue weighted by atomic mass is 16.4. The Labute approximate surface area is 102 Å². The summed E-state index contributed by atoms with van der Waals surface area (Å²) in [6.45, 7) is 0. The molecule has 8 N–H and O–H groups in total. The summed E-state index contributed by atoms with van der Waals surface area (Å²) in [5.74, 6) is -2.49. The topological polar surface area (TPSA) is 162 Å². The predicted octanol–water partition coefficient (Wildman–Crippen LogP) is -4.87. The molecular formula is C10H18O8. The van der Waals surface area contributed by atoms with E-state index in [0.717, 1.165) is 0 Å². The molecule has 2 saturated carbocycles. The van der Waals surface area contributed by atoms with E-state index in [-0.39, 0.29) is 0 Å². The second-order valence-electron chi connectivity index (χ2n) is 5.08. The molecule has 2 rings (SSSR count). The van der Waals surface area contributed by atoms with Gasteiger partial charge in [-0.05, 0) is 0 Å². The minimum Gasteiger partial charge on any atom is -0.390 e. The van der Waals surface area contributed by atoms with Crippen LogP contribution < -0.4 is 0 Å². The first-order valence-corrected chi connectivity index (χ1v) is 5.73. The molecule has 0 amide bonds. The molecule has 0 radical (unpaired) electrons. The molecule has 2 aliphatic carbocycles. The van der Waals surface area contributed by atoms with E-state index in [1.54, 1.807) is 0 Å². The Morgan fingerprint density at radius 3 is 0.611 bits per heavy atom. The summed E-state index contributed by atoms with van der Waals surface area (Å²) in [5, 5.41) is 77.1. The molecule has 2 unspecified atom stereocenters. The summed E-state index contributed by atoms with van der Waals surface area (Å²) >= 11 is 0. The van der Waals surface area contributed by atoms with Crippen molar-refractivity contribution in [3.63, 3.8) is 0 Å². The predicted molar refractivity (Wildman–Crippen MR) is 55.0 cm³/mol. The van der Waals surface area contributed by atoms with Crippen LogP contribution in [0.5, 0.6) is 0 Å². The van der Waals surface area contributed by atoms with E-state index in [9.17, 15) is 40.9 Å². The fourth-order valence-corrected chi connectivity index (χ4v) is 3.03. The van der Waals surface area contributed by atoms with Crippen molar-refractivity contribution in [3.05, 3.63) is 0 Å². The molecule has 10 atom stereocenters. The van der Waals surface area contributed by atoms with E-state index < -0.39 is 60.7 Å². The number of hydrogen-bond acceptors (Lipinski definition) is 8. The lowest BCUT2D eigenvalue weighted by Crippen LogP contribution is -2.71. The Bertz CT molecular complexity index is 254. The van der Waals surface area contributed by atoms with E-state index >= 15 is 0 Å². The quantitative estimate of drug-likeness (QED) is 0.216. The summed E-state index contributed by atoms with van der Waals surface area (Å²) in [7, 11) is 0. The highest BCUT2D eigenvalue weighted by molar-refractivity contribution is 5.09. The molecule has 0 aromatic heterocycles. The minimum absolute atomic E-state index is 1.24. The normalized spacial score (nSPS) is 61.3. The first-order valence-electron chi connectivity index (χ1n) is 5.73. The van der Waals surface area contributed by atoms with Crippen molar-refractivity contribution < 1.29 is 40.9 Å². The molecule has 0 heterocycles. The molecule has 18 heavy (non-hydrogen) atoms. The van der Waals surface area contributed by atoms with Crippen LogP contribution in [0.2, 0.25) is 0 Å². The molecule has 106 valence electrons. The largest absolute Gasteiger partial charge is 0.390 e. The highest BCUT2D eigenvalue weighted by Crippen LogP contribution is 2.41. The Morgan fingerprint density at radius 1 is 0.278 bits per heavy atom. The maximum absolute atomic E-state index is 9.77. The van der Waals surface area contributed by atoms with Gasteiger partial charge >= 0.3 is 0 Å². The summed E-state index contributed by atoms with van der Waals surface area (Å²) < 4.78 is 0. The van der Waals surface area contributed by atoms with Gasteiger partial charge in [0.1, 0.15) is 24.4 Å². The number of hydrogen-bond donors (Lipinski definition) is 8. The van der Waals surface area contributed by atoms with Gasteiger partial charge in [0.2, 0.25) is 0 Å². The van der Waals surface area contributed by atoms with Crippen LogP contribution in [0.4, 0.5) is 0 Å². The van der Waals surface area contributed by atoms with Gasteiger partial charge in [-0.3, -0.25) is 0 Å². The van der Waals surface area contributed by atoms with Crippen LogP contribution in [-0.2, 0) is 0 Å². The Morgan fingerprint density at radius 2 is 0.444 bits per heavy atom. The van der Waals surface area contributed by atoms with Crippen LogP contribution in [0.1, 0.15) is 0 Å². The van der Waals surface area contributed by atoms with E-state index in [4.69, 9.17) is 0 Å². The zero-order chi connectivity index (χ0) is 13.8. The van der Waals surface area contributed by atoms with Crippen molar-refractivity contribution in [3.8, 4) is 0 Å². The summed E-state index contributed by atoms with van der Waals surface area (Å²) in [5.41, 5.74) is 0. The molecule has 0 saturated heterocycles. The maximum atomic E-state index is 9.77. The van der Waals surface area contributed by atoms with Crippen molar-refractivity contribution in [2.75, 3.05) is 0 Å². The fourth-order valence-electron chi connectivity index (χ4n) is 3.03. The lowest BCUT2D eigenvalue weighted by molar-refractivity contribution is -0.271. The van der Waals surface area contributed by atoms with Gasteiger partial charge in [-0.15, -0.1) is 0 Å². The van der Waals surface area contributed by atoms with Gasteiger partial charge in [-0.1, -0.05) is 0 Å². The van der Waals surface area contributed by atoms with E-state index in [1.807, 2.05) is 0 Å². The summed E-state index contributed by atoms with van der Waals surface area (Å²) in [6, 6.07) is 0. The van der Waals surface area contributed by atoms with Crippen molar-refractivity contribution in [1.82, 2.24) is 0 Å². The van der Waals surface area contributed by atoms with Crippen LogP contribution >= 0.6 is 0 Å². The van der Waals surface area contributed by atoms with Gasteiger partial charge in [0.05, 0.1) is 24.4 Å². The zero-order valence-corrected chi connectivity index (χ0v) is 9.35. The monoisotopic (exact) mass is 266 g/mol. The first kappa shape index (κ1) is 14.1. The van der Waals surface area contributed by atoms with Gasteiger partial charge in [-0.2, -0.15) is 0 Å². The van der Waals surface area contributed by atoms with Crippen LogP contribution in [-0.4, -0.2) is 89.7 Å². The Balaban J connectivity index is 2.36. The molecule has 0 bridgehead atoms. The van der Waals surface area contributed by atoms with Gasteiger partial charge in [0.15, 0.2) is 0 Å². The number of aliphatic hydroxyl groups is 8. The van der Waals surface area contributed by atoms with Crippen molar-refractivity contribution >= 4 is 0 Å². The second kappa shape index (κ2) is 4.66. The van der Waals surface area contributed by atoms with Gasteiger partial charge in [-0.25, -0.2) is 0 Å². The maximum Gasteiger partial charge on any atom is 0.109 e. The fraction of sp³-hybridized carbons (Fsp3) is 1.00. The third-order valence-corrected chi connectivity index (χ3v) is 4.12. The molecule has 8 heteroatoms. The molecule has 8 nitrogen and oxygen atoms in total. The van der Waals surface area contributed by atoms with Crippen LogP contribution in [0, 0.1) is 11.8 Å². The van der Waals surface area contributed by atoms with E-state index in [0.29, 0.717) is 0 Å². The van der Waals surface area contributed by atoms with Crippen molar-refractivity contribution in [2.24, 2.45) is 11.8 Å². The molecule has 2 aliphatic rings. The molecule has 2 fully saturated rings.